The minimum atomic E-state index is -0.847. The van der Waals surface area contributed by atoms with Gasteiger partial charge in [0, 0.05) is 31.9 Å². The van der Waals surface area contributed by atoms with Crippen LogP contribution in [0.15, 0.2) is 0 Å². The van der Waals surface area contributed by atoms with Gasteiger partial charge in [0.25, 0.3) is 0 Å². The molecule has 6 nitrogen and oxygen atoms in total. The molecule has 1 aromatic heterocycles. The van der Waals surface area contributed by atoms with E-state index in [0.29, 0.717) is 19.4 Å². The minimum Gasteiger partial charge on any atom is -0.481 e. The van der Waals surface area contributed by atoms with Gasteiger partial charge in [-0.3, -0.25) is 14.3 Å². The standard InChI is InChI=1S/C16H25N3O3/c1-10-14(11(2)19(4)17-10)9-18(3)15(20)12-7-5-6-8-13(12)16(21)22/h12-13H,5-9H2,1-4H3,(H,21,22)/t12-,13-/m1/s1. The van der Waals surface area contributed by atoms with Crippen LogP contribution >= 0.6 is 0 Å². The number of aryl methyl sites for hydroxylation is 2. The lowest BCUT2D eigenvalue weighted by molar-refractivity contribution is -0.152. The number of amides is 1. The molecule has 122 valence electrons. The third-order valence-electron chi connectivity index (χ3n) is 4.83. The number of hydrogen-bond acceptors (Lipinski definition) is 3. The molecule has 1 N–H and O–H groups in total. The van der Waals surface area contributed by atoms with Gasteiger partial charge in [0.05, 0.1) is 17.5 Å². The molecule has 1 fully saturated rings. The van der Waals surface area contributed by atoms with Gasteiger partial charge in [0.2, 0.25) is 5.91 Å². The molecule has 1 heterocycles. The Hall–Kier alpha value is -1.85. The van der Waals surface area contributed by atoms with Crippen LogP contribution in [0.25, 0.3) is 0 Å². The molecule has 0 aliphatic heterocycles. The van der Waals surface area contributed by atoms with Gasteiger partial charge in [-0.25, -0.2) is 0 Å². The summed E-state index contributed by atoms with van der Waals surface area (Å²) in [6, 6.07) is 0. The van der Waals surface area contributed by atoms with E-state index in [-0.39, 0.29) is 5.91 Å². The Morgan fingerprint density at radius 1 is 1.27 bits per heavy atom. The second-order valence-corrected chi connectivity index (χ2v) is 6.30. The first kappa shape index (κ1) is 16.5. The van der Waals surface area contributed by atoms with Crippen molar-refractivity contribution in [3.05, 3.63) is 17.0 Å². The predicted molar refractivity (Wildman–Crippen MR) is 82.2 cm³/mol. The summed E-state index contributed by atoms with van der Waals surface area (Å²) < 4.78 is 1.81. The molecule has 2 rings (SSSR count). The second-order valence-electron chi connectivity index (χ2n) is 6.30. The average molecular weight is 307 g/mol. The van der Waals surface area contributed by atoms with Crippen LogP contribution in [-0.2, 0) is 23.2 Å². The molecule has 0 unspecified atom stereocenters. The van der Waals surface area contributed by atoms with Gasteiger partial charge in [0.15, 0.2) is 0 Å². The van der Waals surface area contributed by atoms with Crippen molar-refractivity contribution in [3.63, 3.8) is 0 Å². The average Bonchev–Trinajstić information content (AvgIpc) is 2.72. The molecule has 1 amide bonds. The van der Waals surface area contributed by atoms with E-state index in [2.05, 4.69) is 5.10 Å². The van der Waals surface area contributed by atoms with Gasteiger partial charge in [-0.15, -0.1) is 0 Å². The van der Waals surface area contributed by atoms with Crippen LogP contribution in [-0.4, -0.2) is 38.7 Å². The van der Waals surface area contributed by atoms with E-state index in [1.807, 2.05) is 25.6 Å². The lowest BCUT2D eigenvalue weighted by Crippen LogP contribution is -2.40. The van der Waals surface area contributed by atoms with Gasteiger partial charge in [0.1, 0.15) is 0 Å². The first-order valence-electron chi connectivity index (χ1n) is 7.79. The largest absolute Gasteiger partial charge is 0.481 e. The van der Waals surface area contributed by atoms with Crippen molar-refractivity contribution < 1.29 is 14.7 Å². The van der Waals surface area contributed by atoms with Crippen LogP contribution < -0.4 is 0 Å². The number of carbonyl (C=O) groups excluding carboxylic acids is 1. The maximum Gasteiger partial charge on any atom is 0.307 e. The van der Waals surface area contributed by atoms with E-state index in [9.17, 15) is 14.7 Å². The zero-order chi connectivity index (χ0) is 16.4. The van der Waals surface area contributed by atoms with Crippen molar-refractivity contribution in [3.8, 4) is 0 Å². The lowest BCUT2D eigenvalue weighted by atomic mass is 9.78. The fourth-order valence-electron chi connectivity index (χ4n) is 3.37. The van der Waals surface area contributed by atoms with Crippen LogP contribution in [0.2, 0.25) is 0 Å². The Kier molecular flexibility index (Phi) is 4.88. The van der Waals surface area contributed by atoms with Crippen molar-refractivity contribution in [1.82, 2.24) is 14.7 Å². The van der Waals surface area contributed by atoms with E-state index in [1.54, 1.807) is 11.9 Å². The summed E-state index contributed by atoms with van der Waals surface area (Å²) in [7, 11) is 3.64. The monoisotopic (exact) mass is 307 g/mol. The van der Waals surface area contributed by atoms with Gasteiger partial charge in [-0.05, 0) is 26.7 Å². The highest BCUT2D eigenvalue weighted by atomic mass is 16.4. The number of nitrogens with zero attached hydrogens (tertiary/aromatic N) is 3. The molecule has 0 aromatic carbocycles. The van der Waals surface area contributed by atoms with Crippen LogP contribution in [0, 0.1) is 25.7 Å². The third kappa shape index (κ3) is 3.15. The molecule has 1 aliphatic rings. The normalized spacial score (nSPS) is 21.6. The Morgan fingerprint density at radius 3 is 2.36 bits per heavy atom. The highest BCUT2D eigenvalue weighted by Gasteiger charge is 2.37. The molecule has 6 heteroatoms. The zero-order valence-corrected chi connectivity index (χ0v) is 13.8. The van der Waals surface area contributed by atoms with E-state index in [1.165, 1.54) is 0 Å². The van der Waals surface area contributed by atoms with Crippen molar-refractivity contribution in [2.45, 2.75) is 46.1 Å². The molecule has 1 saturated carbocycles. The first-order chi connectivity index (χ1) is 10.3. The molecular weight excluding hydrogens is 282 g/mol. The fourth-order valence-corrected chi connectivity index (χ4v) is 3.37. The summed E-state index contributed by atoms with van der Waals surface area (Å²) >= 11 is 0. The first-order valence-corrected chi connectivity index (χ1v) is 7.79. The van der Waals surface area contributed by atoms with Gasteiger partial charge >= 0.3 is 5.97 Å². The number of aromatic nitrogens is 2. The van der Waals surface area contributed by atoms with Gasteiger partial charge in [-0.1, -0.05) is 12.8 Å². The highest BCUT2D eigenvalue weighted by molar-refractivity contribution is 5.84. The summed E-state index contributed by atoms with van der Waals surface area (Å²) in [6.07, 6.45) is 3.10. The number of carboxylic acid groups (broad SMARTS) is 1. The summed E-state index contributed by atoms with van der Waals surface area (Å²) in [4.78, 5) is 25.7. The summed E-state index contributed by atoms with van der Waals surface area (Å²) in [5, 5.41) is 13.7. The number of hydrogen-bond donors (Lipinski definition) is 1. The predicted octanol–water partition coefficient (Wildman–Crippen LogP) is 1.89. The highest BCUT2D eigenvalue weighted by Crippen LogP contribution is 2.32. The third-order valence-corrected chi connectivity index (χ3v) is 4.83. The van der Waals surface area contributed by atoms with Crippen LogP contribution in [0.3, 0.4) is 0 Å². The Labute approximate surface area is 131 Å². The number of rotatable bonds is 4. The Morgan fingerprint density at radius 2 is 1.86 bits per heavy atom. The fraction of sp³-hybridized carbons (Fsp3) is 0.688. The molecule has 0 radical (unpaired) electrons. The maximum atomic E-state index is 12.7. The molecule has 0 saturated heterocycles. The van der Waals surface area contributed by atoms with Gasteiger partial charge < -0.3 is 10.0 Å². The molecule has 1 aliphatic carbocycles. The summed E-state index contributed by atoms with van der Waals surface area (Å²) in [6.45, 7) is 4.39. The molecule has 0 spiro atoms. The van der Waals surface area contributed by atoms with E-state index >= 15 is 0 Å². The van der Waals surface area contributed by atoms with Crippen molar-refractivity contribution >= 4 is 11.9 Å². The van der Waals surface area contributed by atoms with Crippen LogP contribution in [0.5, 0.6) is 0 Å². The van der Waals surface area contributed by atoms with Crippen LogP contribution in [0.1, 0.15) is 42.6 Å². The van der Waals surface area contributed by atoms with Crippen molar-refractivity contribution in [1.29, 1.82) is 0 Å². The van der Waals surface area contributed by atoms with Crippen molar-refractivity contribution in [2.75, 3.05) is 7.05 Å². The Balaban J connectivity index is 2.12. The topological polar surface area (TPSA) is 75.4 Å². The van der Waals surface area contributed by atoms with Crippen molar-refractivity contribution in [2.24, 2.45) is 18.9 Å². The maximum absolute atomic E-state index is 12.7. The lowest BCUT2D eigenvalue weighted by Gasteiger charge is -2.31. The Bertz CT molecular complexity index is 579. The SMILES string of the molecule is Cc1nn(C)c(C)c1CN(C)C(=O)[C@@H]1CCCC[C@H]1C(=O)O. The second kappa shape index (κ2) is 6.50. The number of carbonyl (C=O) groups is 2. The van der Waals surface area contributed by atoms with E-state index < -0.39 is 17.8 Å². The van der Waals surface area contributed by atoms with E-state index in [4.69, 9.17) is 0 Å². The quantitative estimate of drug-likeness (QED) is 0.921. The smallest absolute Gasteiger partial charge is 0.307 e. The van der Waals surface area contributed by atoms with Gasteiger partial charge in [-0.2, -0.15) is 5.10 Å². The van der Waals surface area contributed by atoms with E-state index in [0.717, 1.165) is 29.8 Å². The summed E-state index contributed by atoms with van der Waals surface area (Å²) in [5.74, 6) is -1.84. The molecular formula is C16H25N3O3. The molecule has 22 heavy (non-hydrogen) atoms. The minimum absolute atomic E-state index is 0.0604. The molecule has 1 aromatic rings. The zero-order valence-electron chi connectivity index (χ0n) is 13.8. The number of aliphatic carboxylic acids is 1. The molecule has 0 bridgehead atoms. The van der Waals surface area contributed by atoms with Crippen LogP contribution in [0.4, 0.5) is 0 Å². The molecule has 2 atom stereocenters. The number of carboxylic acids is 1. The summed E-state index contributed by atoms with van der Waals surface area (Å²) in [5.41, 5.74) is 3.00.